The Morgan fingerprint density at radius 2 is 2.08 bits per heavy atom. The summed E-state index contributed by atoms with van der Waals surface area (Å²) < 4.78 is 4.89. The molecular formula is C9H20N2O2. The van der Waals surface area contributed by atoms with E-state index in [-0.39, 0.29) is 12.1 Å². The van der Waals surface area contributed by atoms with Gasteiger partial charge in [0.2, 0.25) is 0 Å². The maximum Gasteiger partial charge on any atom is 0.314 e. The Kier molecular flexibility index (Phi) is 7.39. The van der Waals surface area contributed by atoms with Crippen LogP contribution in [0.25, 0.3) is 0 Å². The summed E-state index contributed by atoms with van der Waals surface area (Å²) in [6.45, 7) is 5.34. The Hall–Kier alpha value is -0.770. The Balaban J connectivity index is 3.17. The van der Waals surface area contributed by atoms with Crippen molar-refractivity contribution >= 4 is 6.03 Å². The molecule has 78 valence electrons. The highest BCUT2D eigenvalue weighted by atomic mass is 16.5. The largest absolute Gasteiger partial charge is 0.385 e. The van der Waals surface area contributed by atoms with E-state index in [1.165, 1.54) is 0 Å². The highest BCUT2D eigenvalue weighted by molar-refractivity contribution is 5.73. The number of nitrogens with one attached hydrogen (secondary N) is 2. The number of hydrogen-bond acceptors (Lipinski definition) is 2. The van der Waals surface area contributed by atoms with Crippen LogP contribution in [0, 0.1) is 0 Å². The third kappa shape index (κ3) is 9.14. The highest BCUT2D eigenvalue weighted by Crippen LogP contribution is 1.86. The Morgan fingerprint density at radius 3 is 2.62 bits per heavy atom. The first-order valence-electron chi connectivity index (χ1n) is 4.70. The number of methoxy groups -OCH3 is 1. The topological polar surface area (TPSA) is 50.4 Å². The van der Waals surface area contributed by atoms with E-state index in [9.17, 15) is 4.79 Å². The second-order valence-electron chi connectivity index (χ2n) is 3.25. The van der Waals surface area contributed by atoms with Crippen LogP contribution in [-0.4, -0.2) is 32.3 Å². The second-order valence-corrected chi connectivity index (χ2v) is 3.25. The first kappa shape index (κ1) is 12.2. The van der Waals surface area contributed by atoms with Crippen molar-refractivity contribution in [3.05, 3.63) is 0 Å². The van der Waals surface area contributed by atoms with Gasteiger partial charge in [0, 0.05) is 26.3 Å². The Morgan fingerprint density at radius 1 is 1.38 bits per heavy atom. The van der Waals surface area contributed by atoms with Gasteiger partial charge in [-0.1, -0.05) is 0 Å². The van der Waals surface area contributed by atoms with Gasteiger partial charge in [-0.15, -0.1) is 0 Å². The molecule has 0 aromatic rings. The molecule has 0 radical (unpaired) electrons. The minimum Gasteiger partial charge on any atom is -0.385 e. The average Bonchev–Trinajstić information content (AvgIpc) is 2.02. The van der Waals surface area contributed by atoms with Crippen molar-refractivity contribution < 1.29 is 9.53 Å². The van der Waals surface area contributed by atoms with Gasteiger partial charge in [-0.3, -0.25) is 0 Å². The molecule has 4 heteroatoms. The fraction of sp³-hybridized carbons (Fsp3) is 0.889. The smallest absolute Gasteiger partial charge is 0.314 e. The van der Waals surface area contributed by atoms with Gasteiger partial charge in [0.15, 0.2) is 0 Å². The van der Waals surface area contributed by atoms with Crippen LogP contribution in [0.4, 0.5) is 4.79 Å². The first-order chi connectivity index (χ1) is 6.16. The van der Waals surface area contributed by atoms with E-state index in [0.717, 1.165) is 19.4 Å². The molecule has 0 bridgehead atoms. The summed E-state index contributed by atoms with van der Waals surface area (Å²) in [6, 6.07) is 0.103. The van der Waals surface area contributed by atoms with Crippen LogP contribution in [-0.2, 0) is 4.74 Å². The second kappa shape index (κ2) is 7.86. The number of unbranched alkanes of at least 4 members (excludes halogenated alkanes) is 1. The molecule has 0 aromatic carbocycles. The maximum atomic E-state index is 11.0. The molecule has 0 rings (SSSR count). The maximum absolute atomic E-state index is 11.0. The Bertz CT molecular complexity index is 138. The van der Waals surface area contributed by atoms with E-state index >= 15 is 0 Å². The van der Waals surface area contributed by atoms with Crippen LogP contribution in [0.15, 0.2) is 0 Å². The lowest BCUT2D eigenvalue weighted by Crippen LogP contribution is -2.39. The average molecular weight is 188 g/mol. The number of hydrogen-bond donors (Lipinski definition) is 2. The molecule has 0 saturated heterocycles. The molecule has 0 aromatic heterocycles. The predicted octanol–water partition coefficient (Wildman–Crippen LogP) is 1.12. The molecule has 0 saturated carbocycles. The molecule has 13 heavy (non-hydrogen) atoms. The molecule has 0 unspecified atom stereocenters. The lowest BCUT2D eigenvalue weighted by atomic mass is 10.3. The van der Waals surface area contributed by atoms with E-state index in [4.69, 9.17) is 4.74 Å². The van der Waals surface area contributed by atoms with Gasteiger partial charge in [-0.2, -0.15) is 0 Å². The van der Waals surface area contributed by atoms with Crippen LogP contribution in [0.2, 0.25) is 0 Å². The summed E-state index contributed by atoms with van der Waals surface area (Å²) in [5.74, 6) is 0. The van der Waals surface area contributed by atoms with Crippen molar-refractivity contribution in [1.82, 2.24) is 10.6 Å². The van der Waals surface area contributed by atoms with Crippen LogP contribution >= 0.6 is 0 Å². The van der Waals surface area contributed by atoms with Crippen molar-refractivity contribution in [1.29, 1.82) is 0 Å². The van der Waals surface area contributed by atoms with Gasteiger partial charge in [0.05, 0.1) is 0 Å². The summed E-state index contributed by atoms with van der Waals surface area (Å²) in [6.07, 6.45) is 1.94. The fourth-order valence-corrected chi connectivity index (χ4v) is 0.887. The monoisotopic (exact) mass is 188 g/mol. The molecular weight excluding hydrogens is 168 g/mol. The molecule has 0 fully saturated rings. The van der Waals surface area contributed by atoms with Crippen molar-refractivity contribution in [3.8, 4) is 0 Å². The van der Waals surface area contributed by atoms with Gasteiger partial charge >= 0.3 is 6.03 Å². The van der Waals surface area contributed by atoms with Gasteiger partial charge in [0.25, 0.3) is 0 Å². The van der Waals surface area contributed by atoms with Crippen LogP contribution < -0.4 is 10.6 Å². The number of ether oxygens (including phenoxy) is 1. The minimum atomic E-state index is -0.0904. The zero-order chi connectivity index (χ0) is 10.1. The quantitative estimate of drug-likeness (QED) is 0.614. The summed E-state index contributed by atoms with van der Waals surface area (Å²) in [7, 11) is 1.68. The molecule has 0 atom stereocenters. The Labute approximate surface area is 80.0 Å². The van der Waals surface area contributed by atoms with Crippen molar-refractivity contribution in [2.75, 3.05) is 20.3 Å². The van der Waals surface area contributed by atoms with E-state index in [1.54, 1.807) is 7.11 Å². The third-order valence-corrected chi connectivity index (χ3v) is 1.48. The number of urea groups is 1. The zero-order valence-corrected chi connectivity index (χ0v) is 8.72. The highest BCUT2D eigenvalue weighted by Gasteiger charge is 1.99. The first-order valence-corrected chi connectivity index (χ1v) is 4.70. The molecule has 0 aliphatic rings. The lowest BCUT2D eigenvalue weighted by molar-refractivity contribution is 0.192. The summed E-state index contributed by atoms with van der Waals surface area (Å²) in [5.41, 5.74) is 0. The number of carbonyl (C=O) groups excluding carboxylic acids is 1. The molecule has 4 nitrogen and oxygen atoms in total. The van der Waals surface area contributed by atoms with Crippen molar-refractivity contribution in [2.24, 2.45) is 0 Å². The molecule has 2 amide bonds. The van der Waals surface area contributed by atoms with Gasteiger partial charge < -0.3 is 15.4 Å². The third-order valence-electron chi connectivity index (χ3n) is 1.48. The van der Waals surface area contributed by atoms with Crippen molar-refractivity contribution in [2.45, 2.75) is 32.7 Å². The minimum absolute atomic E-state index is 0.0904. The van der Waals surface area contributed by atoms with Gasteiger partial charge in [0.1, 0.15) is 0 Å². The van der Waals surface area contributed by atoms with Crippen molar-refractivity contribution in [3.63, 3.8) is 0 Å². The van der Waals surface area contributed by atoms with E-state index < -0.39 is 0 Å². The van der Waals surface area contributed by atoms with E-state index in [0.29, 0.717) is 6.54 Å². The van der Waals surface area contributed by atoms with Crippen LogP contribution in [0.5, 0.6) is 0 Å². The SMILES string of the molecule is COCCCCNC(=O)NC(C)C. The number of amides is 2. The van der Waals surface area contributed by atoms with E-state index in [2.05, 4.69) is 10.6 Å². The molecule has 0 aliphatic heterocycles. The molecule has 0 aliphatic carbocycles. The molecule has 0 spiro atoms. The van der Waals surface area contributed by atoms with Gasteiger partial charge in [-0.25, -0.2) is 4.79 Å². The summed E-state index contributed by atoms with van der Waals surface area (Å²) >= 11 is 0. The van der Waals surface area contributed by atoms with Crippen LogP contribution in [0.3, 0.4) is 0 Å². The fourth-order valence-electron chi connectivity index (χ4n) is 0.887. The number of carbonyl (C=O) groups is 1. The predicted molar refractivity (Wildman–Crippen MR) is 52.8 cm³/mol. The van der Waals surface area contributed by atoms with Gasteiger partial charge in [-0.05, 0) is 26.7 Å². The zero-order valence-electron chi connectivity index (χ0n) is 8.72. The summed E-state index contributed by atoms with van der Waals surface area (Å²) in [5, 5.41) is 5.52. The molecule has 2 N–H and O–H groups in total. The standard InChI is InChI=1S/C9H20N2O2/c1-8(2)11-9(12)10-6-4-5-7-13-3/h8H,4-7H2,1-3H3,(H2,10,11,12). The normalized spacial score (nSPS) is 10.2. The van der Waals surface area contributed by atoms with Crippen LogP contribution in [0.1, 0.15) is 26.7 Å². The van der Waals surface area contributed by atoms with E-state index in [1.807, 2.05) is 13.8 Å². The molecule has 0 heterocycles. The summed E-state index contributed by atoms with van der Waals surface area (Å²) in [4.78, 5) is 11.0. The lowest BCUT2D eigenvalue weighted by Gasteiger charge is -2.09. The number of rotatable bonds is 6.